The maximum absolute atomic E-state index is 13.8. The van der Waals surface area contributed by atoms with E-state index in [1.807, 2.05) is 0 Å². The third-order valence-corrected chi connectivity index (χ3v) is 3.52. The SMILES string of the molecule is NC(=S)c1cc(NC(=O)c2cccc(Br)c2F)ccc1F. The Morgan fingerprint density at radius 3 is 2.57 bits per heavy atom. The predicted octanol–water partition coefficient (Wildman–Crippen LogP) is 3.61. The van der Waals surface area contributed by atoms with Crippen LogP contribution in [0, 0.1) is 11.6 Å². The van der Waals surface area contributed by atoms with E-state index >= 15 is 0 Å². The fraction of sp³-hybridized carbons (Fsp3) is 0. The van der Waals surface area contributed by atoms with Gasteiger partial charge in [0.1, 0.15) is 16.6 Å². The summed E-state index contributed by atoms with van der Waals surface area (Å²) in [4.78, 5) is 11.9. The molecule has 1 amide bonds. The van der Waals surface area contributed by atoms with Crippen LogP contribution in [0.25, 0.3) is 0 Å². The Hall–Kier alpha value is -1.86. The Morgan fingerprint density at radius 1 is 1.19 bits per heavy atom. The van der Waals surface area contributed by atoms with Crippen molar-refractivity contribution in [2.75, 3.05) is 5.32 Å². The van der Waals surface area contributed by atoms with Crippen molar-refractivity contribution in [1.29, 1.82) is 0 Å². The van der Waals surface area contributed by atoms with E-state index in [9.17, 15) is 13.6 Å². The zero-order valence-electron chi connectivity index (χ0n) is 10.5. The van der Waals surface area contributed by atoms with Crippen LogP contribution in [-0.2, 0) is 0 Å². The number of hydrogen-bond acceptors (Lipinski definition) is 2. The molecule has 2 aromatic carbocycles. The summed E-state index contributed by atoms with van der Waals surface area (Å²) < 4.78 is 27.4. The highest BCUT2D eigenvalue weighted by Gasteiger charge is 2.15. The van der Waals surface area contributed by atoms with Gasteiger partial charge in [0.05, 0.1) is 10.0 Å². The molecule has 0 atom stereocenters. The number of benzene rings is 2. The highest BCUT2D eigenvalue weighted by Crippen LogP contribution is 2.20. The van der Waals surface area contributed by atoms with E-state index in [1.165, 1.54) is 30.3 Å². The zero-order valence-corrected chi connectivity index (χ0v) is 12.9. The monoisotopic (exact) mass is 370 g/mol. The van der Waals surface area contributed by atoms with Gasteiger partial charge >= 0.3 is 0 Å². The molecule has 0 aliphatic rings. The number of rotatable bonds is 3. The van der Waals surface area contributed by atoms with E-state index in [0.717, 1.165) is 6.07 Å². The van der Waals surface area contributed by atoms with Crippen LogP contribution in [0.2, 0.25) is 0 Å². The first-order valence-electron chi connectivity index (χ1n) is 5.75. The van der Waals surface area contributed by atoms with E-state index < -0.39 is 17.5 Å². The average molecular weight is 371 g/mol. The smallest absolute Gasteiger partial charge is 0.258 e. The second-order valence-corrected chi connectivity index (χ2v) is 5.41. The van der Waals surface area contributed by atoms with Gasteiger partial charge in [0.2, 0.25) is 0 Å². The van der Waals surface area contributed by atoms with Gasteiger partial charge in [0, 0.05) is 11.3 Å². The largest absolute Gasteiger partial charge is 0.389 e. The molecule has 0 aromatic heterocycles. The molecule has 2 rings (SSSR count). The molecule has 3 nitrogen and oxygen atoms in total. The third kappa shape index (κ3) is 3.43. The summed E-state index contributed by atoms with van der Waals surface area (Å²) >= 11 is 7.71. The summed E-state index contributed by atoms with van der Waals surface area (Å²) in [6, 6.07) is 8.12. The van der Waals surface area contributed by atoms with Crippen LogP contribution < -0.4 is 11.1 Å². The molecule has 108 valence electrons. The molecule has 0 saturated heterocycles. The Balaban J connectivity index is 2.30. The first-order chi connectivity index (χ1) is 9.90. The second kappa shape index (κ2) is 6.28. The third-order valence-electron chi connectivity index (χ3n) is 2.69. The van der Waals surface area contributed by atoms with Gasteiger partial charge in [-0.1, -0.05) is 18.3 Å². The molecule has 7 heteroatoms. The van der Waals surface area contributed by atoms with Gasteiger partial charge in [-0.05, 0) is 46.3 Å². The maximum atomic E-state index is 13.8. The number of carbonyl (C=O) groups is 1. The van der Waals surface area contributed by atoms with E-state index in [4.69, 9.17) is 18.0 Å². The summed E-state index contributed by atoms with van der Waals surface area (Å²) in [5.41, 5.74) is 5.53. The molecular formula is C14H9BrF2N2OS. The Morgan fingerprint density at radius 2 is 1.90 bits per heavy atom. The van der Waals surface area contributed by atoms with Crippen LogP contribution in [0.3, 0.4) is 0 Å². The van der Waals surface area contributed by atoms with E-state index in [-0.39, 0.29) is 26.3 Å². The lowest BCUT2D eigenvalue weighted by Crippen LogP contribution is -2.16. The van der Waals surface area contributed by atoms with Gasteiger partial charge in [0.15, 0.2) is 0 Å². The van der Waals surface area contributed by atoms with Crippen LogP contribution in [-0.4, -0.2) is 10.9 Å². The first kappa shape index (κ1) is 15.5. The molecular weight excluding hydrogens is 362 g/mol. The quantitative estimate of drug-likeness (QED) is 0.811. The summed E-state index contributed by atoms with van der Waals surface area (Å²) in [6.07, 6.45) is 0. The first-order valence-corrected chi connectivity index (χ1v) is 6.95. The molecule has 0 fully saturated rings. The number of nitrogens with one attached hydrogen (secondary N) is 1. The van der Waals surface area contributed by atoms with Crippen molar-refractivity contribution in [3.05, 3.63) is 63.6 Å². The molecule has 3 N–H and O–H groups in total. The number of thiocarbonyl (C=S) groups is 1. The van der Waals surface area contributed by atoms with Crippen LogP contribution in [0.15, 0.2) is 40.9 Å². The van der Waals surface area contributed by atoms with Gasteiger partial charge in [0.25, 0.3) is 5.91 Å². The molecule has 0 aliphatic carbocycles. The molecule has 0 heterocycles. The number of halogens is 3. The summed E-state index contributed by atoms with van der Waals surface area (Å²) in [5, 5.41) is 2.47. The van der Waals surface area contributed by atoms with Gasteiger partial charge < -0.3 is 11.1 Å². The topological polar surface area (TPSA) is 55.1 Å². The lowest BCUT2D eigenvalue weighted by atomic mass is 10.1. The van der Waals surface area contributed by atoms with Crippen LogP contribution in [0.5, 0.6) is 0 Å². The normalized spacial score (nSPS) is 10.2. The number of nitrogens with two attached hydrogens (primary N) is 1. The lowest BCUT2D eigenvalue weighted by Gasteiger charge is -2.09. The van der Waals surface area contributed by atoms with Crippen molar-refractivity contribution >= 4 is 44.7 Å². The van der Waals surface area contributed by atoms with Gasteiger partial charge in [-0.3, -0.25) is 4.79 Å². The molecule has 0 aliphatic heterocycles. The van der Waals surface area contributed by atoms with Crippen LogP contribution >= 0.6 is 28.1 Å². The van der Waals surface area contributed by atoms with E-state index in [0.29, 0.717) is 0 Å². The maximum Gasteiger partial charge on any atom is 0.258 e. The van der Waals surface area contributed by atoms with Crippen LogP contribution in [0.1, 0.15) is 15.9 Å². The van der Waals surface area contributed by atoms with Gasteiger partial charge in [-0.25, -0.2) is 8.78 Å². The number of carbonyl (C=O) groups excluding carboxylic acids is 1. The van der Waals surface area contributed by atoms with Crippen molar-refractivity contribution in [3.8, 4) is 0 Å². The minimum Gasteiger partial charge on any atom is -0.389 e. The minimum atomic E-state index is -0.674. The molecule has 21 heavy (non-hydrogen) atoms. The average Bonchev–Trinajstić information content (AvgIpc) is 2.43. The molecule has 0 bridgehead atoms. The second-order valence-electron chi connectivity index (χ2n) is 4.11. The highest BCUT2D eigenvalue weighted by atomic mass is 79.9. The predicted molar refractivity (Wildman–Crippen MR) is 84.3 cm³/mol. The highest BCUT2D eigenvalue weighted by molar-refractivity contribution is 9.10. The van der Waals surface area contributed by atoms with E-state index in [1.54, 1.807) is 0 Å². The lowest BCUT2D eigenvalue weighted by molar-refractivity contribution is 0.102. The van der Waals surface area contributed by atoms with Crippen LogP contribution in [0.4, 0.5) is 14.5 Å². The van der Waals surface area contributed by atoms with Crippen molar-refractivity contribution in [3.63, 3.8) is 0 Å². The van der Waals surface area contributed by atoms with Crippen molar-refractivity contribution in [2.45, 2.75) is 0 Å². The fourth-order valence-corrected chi connectivity index (χ4v) is 2.19. The van der Waals surface area contributed by atoms with Crippen molar-refractivity contribution in [1.82, 2.24) is 0 Å². The van der Waals surface area contributed by atoms with E-state index in [2.05, 4.69) is 21.2 Å². The molecule has 0 unspecified atom stereocenters. The minimum absolute atomic E-state index is 0.0116. The standard InChI is InChI=1S/C14H9BrF2N2OS/c15-10-3-1-2-8(12(10)17)14(20)19-7-4-5-11(16)9(6-7)13(18)21/h1-6H,(H2,18,21)(H,19,20). The van der Waals surface area contributed by atoms with Crippen molar-refractivity contribution < 1.29 is 13.6 Å². The summed E-state index contributed by atoms with van der Waals surface area (Å²) in [5.74, 6) is -1.92. The zero-order chi connectivity index (χ0) is 15.6. The van der Waals surface area contributed by atoms with Gasteiger partial charge in [-0.2, -0.15) is 0 Å². The Bertz CT molecular complexity index is 737. The molecule has 2 aromatic rings. The Kier molecular flexibility index (Phi) is 4.64. The summed E-state index contributed by atoms with van der Waals surface area (Å²) in [7, 11) is 0. The number of hydrogen-bond donors (Lipinski definition) is 2. The molecule has 0 radical (unpaired) electrons. The molecule has 0 spiro atoms. The summed E-state index contributed by atoms with van der Waals surface area (Å²) in [6.45, 7) is 0. The fourth-order valence-electron chi connectivity index (χ4n) is 1.67. The number of anilines is 1. The molecule has 0 saturated carbocycles. The Labute approximate surface area is 133 Å². The van der Waals surface area contributed by atoms with Gasteiger partial charge in [-0.15, -0.1) is 0 Å². The number of amides is 1. The van der Waals surface area contributed by atoms with Crippen molar-refractivity contribution in [2.24, 2.45) is 5.73 Å².